The highest BCUT2D eigenvalue weighted by molar-refractivity contribution is 5.89. The SMILES string of the molecule is CC[C@H](CC(=O)OC(C)(C)C)N(C(=O)OC(C)(C)C)C(=O)OC(C)(C)C. The molecular formula is C19H35NO6. The minimum Gasteiger partial charge on any atom is -0.460 e. The number of ether oxygens (including phenoxy) is 3. The van der Waals surface area contributed by atoms with Crippen LogP contribution in [0.3, 0.4) is 0 Å². The number of amides is 2. The van der Waals surface area contributed by atoms with E-state index in [0.29, 0.717) is 6.42 Å². The van der Waals surface area contributed by atoms with Gasteiger partial charge in [0.15, 0.2) is 0 Å². The van der Waals surface area contributed by atoms with Crippen LogP contribution in [0.4, 0.5) is 9.59 Å². The summed E-state index contributed by atoms with van der Waals surface area (Å²) < 4.78 is 16.0. The van der Waals surface area contributed by atoms with Crippen LogP contribution in [0.1, 0.15) is 82.1 Å². The lowest BCUT2D eigenvalue weighted by molar-refractivity contribution is -0.156. The van der Waals surface area contributed by atoms with Crippen LogP contribution in [0.15, 0.2) is 0 Å². The monoisotopic (exact) mass is 373 g/mol. The summed E-state index contributed by atoms with van der Waals surface area (Å²) in [5.41, 5.74) is -2.23. The zero-order chi connectivity index (χ0) is 20.9. The lowest BCUT2D eigenvalue weighted by Crippen LogP contribution is -2.49. The lowest BCUT2D eigenvalue weighted by Gasteiger charge is -2.33. The highest BCUT2D eigenvalue weighted by Gasteiger charge is 2.37. The fourth-order valence-corrected chi connectivity index (χ4v) is 1.99. The van der Waals surface area contributed by atoms with Crippen LogP contribution in [-0.4, -0.2) is 45.9 Å². The highest BCUT2D eigenvalue weighted by Crippen LogP contribution is 2.21. The molecule has 0 spiro atoms. The third kappa shape index (κ3) is 10.3. The van der Waals surface area contributed by atoms with Crippen LogP contribution < -0.4 is 0 Å². The predicted molar refractivity (Wildman–Crippen MR) is 98.8 cm³/mol. The van der Waals surface area contributed by atoms with E-state index in [-0.39, 0.29) is 6.42 Å². The Hall–Kier alpha value is -1.79. The van der Waals surface area contributed by atoms with Gasteiger partial charge in [-0.15, -0.1) is 0 Å². The molecule has 0 unspecified atom stereocenters. The van der Waals surface area contributed by atoms with Crippen molar-refractivity contribution in [1.29, 1.82) is 0 Å². The predicted octanol–water partition coefficient (Wildman–Crippen LogP) is 4.67. The number of carbonyl (C=O) groups is 3. The van der Waals surface area contributed by atoms with Gasteiger partial charge >= 0.3 is 18.2 Å². The van der Waals surface area contributed by atoms with Crippen LogP contribution in [0.25, 0.3) is 0 Å². The van der Waals surface area contributed by atoms with Gasteiger partial charge in [-0.25, -0.2) is 14.5 Å². The summed E-state index contributed by atoms with van der Waals surface area (Å²) in [7, 11) is 0. The van der Waals surface area contributed by atoms with Gasteiger partial charge in [0.05, 0.1) is 12.5 Å². The molecule has 26 heavy (non-hydrogen) atoms. The fourth-order valence-electron chi connectivity index (χ4n) is 1.99. The summed E-state index contributed by atoms with van der Waals surface area (Å²) in [4.78, 5) is 38.3. The van der Waals surface area contributed by atoms with Gasteiger partial charge in [-0.3, -0.25) is 4.79 Å². The second kappa shape index (κ2) is 8.73. The Bertz CT molecular complexity index is 480. The van der Waals surface area contributed by atoms with Crippen LogP contribution >= 0.6 is 0 Å². The summed E-state index contributed by atoms with van der Waals surface area (Å²) in [5, 5.41) is 0. The molecule has 2 amide bonds. The number of imide groups is 1. The largest absolute Gasteiger partial charge is 0.460 e. The first-order valence-corrected chi connectivity index (χ1v) is 8.92. The minimum absolute atomic E-state index is 0.133. The molecule has 0 saturated heterocycles. The van der Waals surface area contributed by atoms with Crippen molar-refractivity contribution in [1.82, 2.24) is 4.90 Å². The summed E-state index contributed by atoms with van der Waals surface area (Å²) in [6.45, 7) is 17.2. The van der Waals surface area contributed by atoms with E-state index < -0.39 is 41.0 Å². The Morgan fingerprint density at radius 3 is 1.35 bits per heavy atom. The van der Waals surface area contributed by atoms with Crippen molar-refractivity contribution in [2.24, 2.45) is 0 Å². The van der Waals surface area contributed by atoms with E-state index >= 15 is 0 Å². The molecule has 0 aromatic carbocycles. The molecule has 0 saturated carbocycles. The Morgan fingerprint density at radius 1 is 0.731 bits per heavy atom. The maximum Gasteiger partial charge on any atom is 0.420 e. The van der Waals surface area contributed by atoms with E-state index in [4.69, 9.17) is 14.2 Å². The zero-order valence-electron chi connectivity index (χ0n) is 17.9. The number of rotatable bonds is 4. The topological polar surface area (TPSA) is 82.1 Å². The maximum atomic E-state index is 12.6. The highest BCUT2D eigenvalue weighted by atomic mass is 16.6. The molecule has 7 nitrogen and oxygen atoms in total. The smallest absolute Gasteiger partial charge is 0.420 e. The number of carbonyl (C=O) groups excluding carboxylic acids is 3. The normalized spacial score (nSPS) is 13.6. The van der Waals surface area contributed by atoms with Crippen molar-refractivity contribution >= 4 is 18.2 Å². The van der Waals surface area contributed by atoms with Crippen LogP contribution in [-0.2, 0) is 19.0 Å². The number of hydrogen-bond acceptors (Lipinski definition) is 6. The number of esters is 1. The van der Waals surface area contributed by atoms with Crippen molar-refractivity contribution in [3.63, 3.8) is 0 Å². The van der Waals surface area contributed by atoms with Gasteiger partial charge < -0.3 is 14.2 Å². The van der Waals surface area contributed by atoms with Crippen LogP contribution in [0.2, 0.25) is 0 Å². The first-order valence-electron chi connectivity index (χ1n) is 8.92. The number of hydrogen-bond donors (Lipinski definition) is 0. The Balaban J connectivity index is 5.53. The van der Waals surface area contributed by atoms with Gasteiger partial charge in [0.25, 0.3) is 0 Å². The first-order chi connectivity index (χ1) is 11.4. The van der Waals surface area contributed by atoms with E-state index in [2.05, 4.69) is 0 Å². The third-order valence-electron chi connectivity index (χ3n) is 2.84. The van der Waals surface area contributed by atoms with Crippen LogP contribution in [0, 0.1) is 0 Å². The first kappa shape index (κ1) is 24.2. The Morgan fingerprint density at radius 2 is 1.08 bits per heavy atom. The molecule has 0 fully saturated rings. The molecule has 0 aromatic rings. The van der Waals surface area contributed by atoms with E-state index in [1.54, 1.807) is 69.2 Å². The Labute approximate surface area is 157 Å². The summed E-state index contributed by atoms with van der Waals surface area (Å²) in [6, 6.07) is -0.727. The molecule has 0 heterocycles. The Kier molecular flexibility index (Phi) is 8.13. The molecule has 0 aliphatic heterocycles. The van der Waals surface area contributed by atoms with Crippen molar-refractivity contribution in [2.45, 2.75) is 105 Å². The third-order valence-corrected chi connectivity index (χ3v) is 2.84. The lowest BCUT2D eigenvalue weighted by atomic mass is 10.1. The summed E-state index contributed by atoms with van der Waals surface area (Å²) >= 11 is 0. The molecule has 0 bridgehead atoms. The fraction of sp³-hybridized carbons (Fsp3) is 0.842. The molecule has 0 radical (unpaired) electrons. The van der Waals surface area contributed by atoms with Crippen molar-refractivity contribution in [2.75, 3.05) is 0 Å². The van der Waals surface area contributed by atoms with Gasteiger partial charge in [-0.1, -0.05) is 6.92 Å². The van der Waals surface area contributed by atoms with Gasteiger partial charge in [0.2, 0.25) is 0 Å². The molecule has 0 aliphatic carbocycles. The molecular weight excluding hydrogens is 338 g/mol. The minimum atomic E-state index is -0.845. The van der Waals surface area contributed by atoms with Gasteiger partial charge in [-0.2, -0.15) is 0 Å². The second-order valence-electron chi connectivity index (χ2n) is 9.18. The second-order valence-corrected chi connectivity index (χ2v) is 9.18. The van der Waals surface area contributed by atoms with Crippen molar-refractivity contribution < 1.29 is 28.6 Å². The average molecular weight is 373 g/mol. The van der Waals surface area contributed by atoms with Gasteiger partial charge in [-0.05, 0) is 68.7 Å². The summed E-state index contributed by atoms with van der Waals surface area (Å²) in [5.74, 6) is -0.499. The molecule has 1 atom stereocenters. The maximum absolute atomic E-state index is 12.6. The summed E-state index contributed by atoms with van der Waals surface area (Å²) in [6.07, 6.45) is -1.46. The van der Waals surface area contributed by atoms with Crippen molar-refractivity contribution in [3.05, 3.63) is 0 Å². The standard InChI is InChI=1S/C19H35NO6/c1-11-13(12-14(21)24-17(2,3)4)20(15(22)25-18(5,6)7)16(23)26-19(8,9)10/h13H,11-12H2,1-10H3/t13-/m1/s1. The van der Waals surface area contributed by atoms with E-state index in [1.807, 2.05) is 0 Å². The molecule has 0 aromatic heterocycles. The molecule has 0 rings (SSSR count). The number of nitrogens with zero attached hydrogens (tertiary/aromatic N) is 1. The van der Waals surface area contributed by atoms with Gasteiger partial charge in [0.1, 0.15) is 16.8 Å². The van der Waals surface area contributed by atoms with Crippen molar-refractivity contribution in [3.8, 4) is 0 Å². The molecule has 152 valence electrons. The quantitative estimate of drug-likeness (QED) is 0.526. The van der Waals surface area contributed by atoms with Gasteiger partial charge in [0, 0.05) is 0 Å². The van der Waals surface area contributed by atoms with E-state index in [9.17, 15) is 14.4 Å². The average Bonchev–Trinajstić information content (AvgIpc) is 2.30. The zero-order valence-corrected chi connectivity index (χ0v) is 17.9. The molecule has 7 heteroatoms. The van der Waals surface area contributed by atoms with E-state index in [0.717, 1.165) is 4.90 Å². The molecule has 0 N–H and O–H groups in total. The molecule has 0 aliphatic rings. The van der Waals surface area contributed by atoms with Crippen LogP contribution in [0.5, 0.6) is 0 Å². The van der Waals surface area contributed by atoms with E-state index in [1.165, 1.54) is 0 Å².